The molecule has 0 radical (unpaired) electrons. The Kier molecular flexibility index (Phi) is 7.18. The number of fused-ring (bicyclic) bond motifs is 1. The number of carbonyl (C=O) groups is 2. The van der Waals surface area contributed by atoms with Crippen LogP contribution in [0.15, 0.2) is 24.3 Å². The molecular formula is C20H28N4O2S. The van der Waals surface area contributed by atoms with Crippen molar-refractivity contribution < 1.29 is 9.59 Å². The van der Waals surface area contributed by atoms with Crippen LogP contribution in [-0.4, -0.2) is 65.9 Å². The van der Waals surface area contributed by atoms with E-state index < -0.39 is 0 Å². The molecule has 1 fully saturated rings. The van der Waals surface area contributed by atoms with Gasteiger partial charge in [-0.2, -0.15) is 0 Å². The van der Waals surface area contributed by atoms with Gasteiger partial charge < -0.3 is 10.2 Å². The van der Waals surface area contributed by atoms with Gasteiger partial charge in [-0.1, -0.05) is 19.1 Å². The highest BCUT2D eigenvalue weighted by atomic mass is 32.1. The van der Waals surface area contributed by atoms with Crippen LogP contribution in [0.1, 0.15) is 31.2 Å². The van der Waals surface area contributed by atoms with Crippen LogP contribution in [0.4, 0.5) is 0 Å². The minimum Gasteiger partial charge on any atom is -0.355 e. The quantitative estimate of drug-likeness (QED) is 0.754. The summed E-state index contributed by atoms with van der Waals surface area (Å²) in [7, 11) is 0. The number of hydrogen-bond acceptors (Lipinski definition) is 5. The highest BCUT2D eigenvalue weighted by Crippen LogP contribution is 2.22. The number of para-hydroxylation sites is 1. The number of aromatic nitrogens is 1. The van der Waals surface area contributed by atoms with E-state index in [0.717, 1.165) is 49.4 Å². The summed E-state index contributed by atoms with van der Waals surface area (Å²) >= 11 is 1.72. The maximum atomic E-state index is 12.4. The molecule has 6 nitrogen and oxygen atoms in total. The molecule has 2 amide bonds. The zero-order valence-electron chi connectivity index (χ0n) is 15.9. The second-order valence-electron chi connectivity index (χ2n) is 6.94. The van der Waals surface area contributed by atoms with Crippen LogP contribution in [0.5, 0.6) is 0 Å². The zero-order valence-corrected chi connectivity index (χ0v) is 16.8. The lowest BCUT2D eigenvalue weighted by atomic mass is 10.2. The monoisotopic (exact) mass is 388 g/mol. The summed E-state index contributed by atoms with van der Waals surface area (Å²) < 4.78 is 1.21. The van der Waals surface area contributed by atoms with Crippen LogP contribution < -0.4 is 5.32 Å². The summed E-state index contributed by atoms with van der Waals surface area (Å²) in [4.78, 5) is 32.9. The molecule has 0 atom stereocenters. The third kappa shape index (κ3) is 5.74. The molecule has 3 rings (SSSR count). The third-order valence-electron chi connectivity index (χ3n) is 4.78. The van der Waals surface area contributed by atoms with Gasteiger partial charge >= 0.3 is 0 Å². The molecule has 0 spiro atoms. The smallest absolute Gasteiger partial charge is 0.234 e. The van der Waals surface area contributed by atoms with Crippen LogP contribution in [-0.2, 0) is 16.0 Å². The van der Waals surface area contributed by atoms with Gasteiger partial charge in [0.2, 0.25) is 11.8 Å². The van der Waals surface area contributed by atoms with E-state index in [1.165, 1.54) is 4.70 Å². The Bertz CT molecular complexity index is 735. The molecule has 1 aromatic carbocycles. The average Bonchev–Trinajstić information content (AvgIpc) is 3.09. The fourth-order valence-corrected chi connectivity index (χ4v) is 4.26. The number of nitrogens with one attached hydrogen (secondary N) is 1. The lowest BCUT2D eigenvalue weighted by molar-refractivity contribution is -0.133. The van der Waals surface area contributed by atoms with Crippen molar-refractivity contribution in [2.24, 2.45) is 0 Å². The molecule has 1 aliphatic heterocycles. The summed E-state index contributed by atoms with van der Waals surface area (Å²) in [6.07, 6.45) is 3.19. The van der Waals surface area contributed by atoms with Crippen molar-refractivity contribution in [2.75, 3.05) is 39.3 Å². The Labute approximate surface area is 164 Å². The van der Waals surface area contributed by atoms with Crippen LogP contribution in [0, 0.1) is 0 Å². The molecule has 0 saturated carbocycles. The highest BCUT2D eigenvalue weighted by Gasteiger charge is 2.22. The number of hydrogen-bond donors (Lipinski definition) is 1. The fraction of sp³-hybridized carbons (Fsp3) is 0.550. The average molecular weight is 389 g/mol. The van der Waals surface area contributed by atoms with E-state index in [9.17, 15) is 9.59 Å². The van der Waals surface area contributed by atoms with Crippen molar-refractivity contribution >= 4 is 33.4 Å². The van der Waals surface area contributed by atoms with Gasteiger partial charge in [-0.05, 0) is 31.4 Å². The van der Waals surface area contributed by atoms with Crippen LogP contribution >= 0.6 is 11.3 Å². The first-order valence-electron chi connectivity index (χ1n) is 9.77. The number of benzene rings is 1. The van der Waals surface area contributed by atoms with E-state index in [4.69, 9.17) is 0 Å². The minimum atomic E-state index is 0.0764. The first-order valence-corrected chi connectivity index (χ1v) is 10.6. The molecule has 1 N–H and O–H groups in total. The highest BCUT2D eigenvalue weighted by molar-refractivity contribution is 7.18. The maximum Gasteiger partial charge on any atom is 0.234 e. The van der Waals surface area contributed by atoms with Gasteiger partial charge in [0.05, 0.1) is 21.8 Å². The van der Waals surface area contributed by atoms with E-state index in [2.05, 4.69) is 21.3 Å². The van der Waals surface area contributed by atoms with Gasteiger partial charge in [0.15, 0.2) is 0 Å². The standard InChI is InChI=1S/C20H28N4O2S/c1-2-10-21-18(25)15-23-11-13-24(14-12-23)20(26)9-5-8-19-22-16-6-3-4-7-17(16)27-19/h3-4,6-7H,2,5,8-15H2,1H3,(H,21,25). The van der Waals surface area contributed by atoms with Crippen molar-refractivity contribution in [1.29, 1.82) is 0 Å². The molecule has 1 aromatic heterocycles. The number of carbonyl (C=O) groups excluding carboxylic acids is 2. The predicted molar refractivity (Wildman–Crippen MR) is 109 cm³/mol. The molecule has 0 aliphatic carbocycles. The van der Waals surface area contributed by atoms with Crippen molar-refractivity contribution in [1.82, 2.24) is 20.1 Å². The molecule has 146 valence electrons. The molecule has 2 aromatic rings. The van der Waals surface area contributed by atoms with Crippen LogP contribution in [0.2, 0.25) is 0 Å². The summed E-state index contributed by atoms with van der Waals surface area (Å²) in [5.41, 5.74) is 1.04. The SMILES string of the molecule is CCCNC(=O)CN1CCN(C(=O)CCCc2nc3ccccc3s2)CC1. The second kappa shape index (κ2) is 9.80. The third-order valence-corrected chi connectivity index (χ3v) is 5.88. The van der Waals surface area contributed by atoms with E-state index in [-0.39, 0.29) is 11.8 Å². The molecule has 7 heteroatoms. The fourth-order valence-electron chi connectivity index (χ4n) is 3.25. The molecular weight excluding hydrogens is 360 g/mol. The number of amides is 2. The van der Waals surface area contributed by atoms with Crippen molar-refractivity contribution in [3.05, 3.63) is 29.3 Å². The molecule has 0 bridgehead atoms. The first kappa shape index (κ1) is 19.8. The van der Waals surface area contributed by atoms with Crippen LogP contribution in [0.25, 0.3) is 10.2 Å². The Morgan fingerprint density at radius 1 is 1.19 bits per heavy atom. The van der Waals surface area contributed by atoms with Gasteiger partial charge in [-0.15, -0.1) is 11.3 Å². The van der Waals surface area contributed by atoms with Gasteiger partial charge in [0, 0.05) is 39.1 Å². The van der Waals surface area contributed by atoms with Crippen molar-refractivity contribution in [2.45, 2.75) is 32.6 Å². The molecule has 1 aliphatic rings. The molecule has 0 unspecified atom stereocenters. The topological polar surface area (TPSA) is 65.5 Å². The van der Waals surface area contributed by atoms with Gasteiger partial charge in [-0.3, -0.25) is 14.5 Å². The maximum absolute atomic E-state index is 12.4. The normalized spacial score (nSPS) is 15.2. The Morgan fingerprint density at radius 3 is 2.70 bits per heavy atom. The van der Waals surface area contributed by atoms with Gasteiger partial charge in [0.1, 0.15) is 0 Å². The summed E-state index contributed by atoms with van der Waals surface area (Å²) in [6.45, 7) is 6.15. The lowest BCUT2D eigenvalue weighted by Crippen LogP contribution is -2.51. The van der Waals surface area contributed by atoms with E-state index in [1.54, 1.807) is 11.3 Å². The molecule has 2 heterocycles. The zero-order chi connectivity index (χ0) is 19.1. The Hall–Kier alpha value is -1.99. The largest absolute Gasteiger partial charge is 0.355 e. The summed E-state index contributed by atoms with van der Waals surface area (Å²) in [5, 5.41) is 4.00. The second-order valence-corrected chi connectivity index (χ2v) is 8.05. The first-order chi connectivity index (χ1) is 13.2. The lowest BCUT2D eigenvalue weighted by Gasteiger charge is -2.34. The van der Waals surface area contributed by atoms with E-state index >= 15 is 0 Å². The minimum absolute atomic E-state index is 0.0764. The number of rotatable bonds is 8. The van der Waals surface area contributed by atoms with E-state index in [1.807, 2.05) is 30.0 Å². The summed E-state index contributed by atoms with van der Waals surface area (Å²) in [6, 6.07) is 8.15. The van der Waals surface area contributed by atoms with E-state index in [0.29, 0.717) is 26.1 Å². The number of aryl methyl sites for hydroxylation is 1. The van der Waals surface area contributed by atoms with Gasteiger partial charge in [-0.25, -0.2) is 4.98 Å². The number of thiazole rings is 1. The Morgan fingerprint density at radius 2 is 1.96 bits per heavy atom. The summed E-state index contributed by atoms with van der Waals surface area (Å²) in [5.74, 6) is 0.290. The predicted octanol–water partition coefficient (Wildman–Crippen LogP) is 2.29. The van der Waals surface area contributed by atoms with Crippen molar-refractivity contribution in [3.63, 3.8) is 0 Å². The molecule has 1 saturated heterocycles. The van der Waals surface area contributed by atoms with Crippen LogP contribution in [0.3, 0.4) is 0 Å². The van der Waals surface area contributed by atoms with Gasteiger partial charge in [0.25, 0.3) is 0 Å². The Balaban J connectivity index is 1.36. The molecule has 27 heavy (non-hydrogen) atoms. The number of nitrogens with zero attached hydrogens (tertiary/aromatic N) is 3. The van der Waals surface area contributed by atoms with Crippen molar-refractivity contribution in [3.8, 4) is 0 Å². The number of piperazine rings is 1.